The Balaban J connectivity index is 0.00000112. The molecule has 80 valence electrons. The van der Waals surface area contributed by atoms with Crippen LogP contribution in [-0.2, 0) is 4.79 Å². The molecule has 0 aromatic heterocycles. The number of alkyl halides is 1. The highest BCUT2D eigenvalue weighted by Crippen LogP contribution is 2.33. The minimum atomic E-state index is -0.662. The average Bonchev–Trinajstić information content (AvgIpc) is 2.41. The largest absolute Gasteiger partial charge is 0.301 e. The molecule has 5 heteroatoms. The molecule has 0 radical (unpaired) electrons. The van der Waals surface area contributed by atoms with Crippen LogP contribution in [0, 0.1) is 5.41 Å². The smallest absolute Gasteiger partial charge is 0.225 e. The predicted molar refractivity (Wildman–Crippen MR) is 63.3 cm³/mol. The molecule has 0 saturated carbocycles. The Kier molecular flexibility index (Phi) is 3.37. The van der Waals surface area contributed by atoms with Crippen LogP contribution in [-0.4, -0.2) is 17.1 Å². The van der Waals surface area contributed by atoms with Crippen molar-refractivity contribution in [3.63, 3.8) is 0 Å². The van der Waals surface area contributed by atoms with Gasteiger partial charge in [-0.1, -0.05) is 29.8 Å². The number of nitrogens with zero attached hydrogens (tertiary/aromatic N) is 1. The molecule has 3 nitrogen and oxygen atoms in total. The number of nitrogens with one attached hydrogen (secondary N) is 1. The number of hydrogen-bond donors (Lipinski definition) is 1. The standard InChI is InChI=1S/C10H9ClN2O.ClH/c1-6(14)13-8-5-3-2-4-7(8)9(12)10(13)11;/h2-5,10,12H,1H3;1H. The zero-order valence-electron chi connectivity index (χ0n) is 8.03. The normalized spacial score (nSPS) is 18.4. The summed E-state index contributed by atoms with van der Waals surface area (Å²) in [6.45, 7) is 1.45. The fraction of sp³-hybridized carbons (Fsp3) is 0.200. The number of anilines is 1. The second-order valence-corrected chi connectivity index (χ2v) is 3.57. The third kappa shape index (κ3) is 1.73. The maximum Gasteiger partial charge on any atom is 0.225 e. The maximum absolute atomic E-state index is 11.3. The minimum absolute atomic E-state index is 0. The van der Waals surface area contributed by atoms with E-state index in [0.717, 1.165) is 11.3 Å². The summed E-state index contributed by atoms with van der Waals surface area (Å²) in [7, 11) is 0. The molecule has 15 heavy (non-hydrogen) atoms. The molecule has 2 rings (SSSR count). The fourth-order valence-electron chi connectivity index (χ4n) is 1.62. The molecule has 1 aromatic rings. The molecule has 0 fully saturated rings. The highest BCUT2D eigenvalue weighted by atomic mass is 35.5. The van der Waals surface area contributed by atoms with E-state index in [0.29, 0.717) is 0 Å². The van der Waals surface area contributed by atoms with Crippen molar-refractivity contribution >= 4 is 41.3 Å². The average molecular weight is 245 g/mol. The van der Waals surface area contributed by atoms with Crippen molar-refractivity contribution in [1.29, 1.82) is 5.41 Å². The lowest BCUT2D eigenvalue weighted by atomic mass is 10.1. The van der Waals surface area contributed by atoms with E-state index in [4.69, 9.17) is 17.0 Å². The number of rotatable bonds is 0. The van der Waals surface area contributed by atoms with E-state index < -0.39 is 5.50 Å². The molecule has 1 N–H and O–H groups in total. The van der Waals surface area contributed by atoms with Gasteiger partial charge in [-0.15, -0.1) is 12.4 Å². The van der Waals surface area contributed by atoms with E-state index in [9.17, 15) is 4.79 Å². The molecule has 1 aliphatic rings. The lowest BCUT2D eigenvalue weighted by Crippen LogP contribution is -2.34. The first-order chi connectivity index (χ1) is 6.63. The van der Waals surface area contributed by atoms with Crippen LogP contribution in [0.4, 0.5) is 5.69 Å². The van der Waals surface area contributed by atoms with Crippen molar-refractivity contribution in [2.45, 2.75) is 12.4 Å². The van der Waals surface area contributed by atoms with Gasteiger partial charge in [-0.05, 0) is 6.07 Å². The van der Waals surface area contributed by atoms with Crippen molar-refractivity contribution in [2.75, 3.05) is 4.90 Å². The first-order valence-corrected chi connectivity index (χ1v) is 4.68. The monoisotopic (exact) mass is 244 g/mol. The van der Waals surface area contributed by atoms with Gasteiger partial charge < -0.3 is 5.41 Å². The molecule has 1 amide bonds. The van der Waals surface area contributed by atoms with E-state index >= 15 is 0 Å². The number of carbonyl (C=O) groups excluding carboxylic acids is 1. The summed E-state index contributed by atoms with van der Waals surface area (Å²) in [6.07, 6.45) is 0. The number of hydrogen-bond acceptors (Lipinski definition) is 2. The van der Waals surface area contributed by atoms with Crippen molar-refractivity contribution in [3.8, 4) is 0 Å². The van der Waals surface area contributed by atoms with Gasteiger partial charge in [0, 0.05) is 12.5 Å². The zero-order valence-corrected chi connectivity index (χ0v) is 9.60. The van der Waals surface area contributed by atoms with Gasteiger partial charge in [-0.25, -0.2) is 0 Å². The van der Waals surface area contributed by atoms with Gasteiger partial charge in [-0.3, -0.25) is 9.69 Å². The van der Waals surface area contributed by atoms with Crippen molar-refractivity contribution in [1.82, 2.24) is 0 Å². The predicted octanol–water partition coefficient (Wildman–Crippen LogP) is 2.41. The topological polar surface area (TPSA) is 44.2 Å². The van der Waals surface area contributed by atoms with Crippen LogP contribution in [0.15, 0.2) is 24.3 Å². The second kappa shape index (κ2) is 4.21. The van der Waals surface area contributed by atoms with Crippen LogP contribution >= 0.6 is 24.0 Å². The summed E-state index contributed by atoms with van der Waals surface area (Å²) in [5.41, 5.74) is 1.09. The van der Waals surface area contributed by atoms with E-state index in [1.165, 1.54) is 11.8 Å². The molecule has 0 aliphatic carbocycles. The summed E-state index contributed by atoms with van der Waals surface area (Å²) >= 11 is 5.97. The van der Waals surface area contributed by atoms with Gasteiger partial charge in [0.05, 0.1) is 11.4 Å². The van der Waals surface area contributed by atoms with Gasteiger partial charge >= 0.3 is 0 Å². The maximum atomic E-state index is 11.3. The third-order valence-electron chi connectivity index (χ3n) is 2.26. The highest BCUT2D eigenvalue weighted by molar-refractivity contribution is 6.41. The zero-order chi connectivity index (χ0) is 10.3. The van der Waals surface area contributed by atoms with Crippen molar-refractivity contribution in [2.24, 2.45) is 0 Å². The van der Waals surface area contributed by atoms with Crippen molar-refractivity contribution in [3.05, 3.63) is 29.8 Å². The van der Waals surface area contributed by atoms with E-state index in [2.05, 4.69) is 0 Å². The molecule has 0 bridgehead atoms. The van der Waals surface area contributed by atoms with Gasteiger partial charge in [0.1, 0.15) is 0 Å². The van der Waals surface area contributed by atoms with Crippen LogP contribution < -0.4 is 4.90 Å². The molecule has 0 saturated heterocycles. The summed E-state index contributed by atoms with van der Waals surface area (Å²) in [4.78, 5) is 12.7. The molecule has 1 heterocycles. The van der Waals surface area contributed by atoms with Gasteiger partial charge in [0.25, 0.3) is 0 Å². The number of para-hydroxylation sites is 1. The Labute approximate surface area is 98.9 Å². The number of fused-ring (bicyclic) bond motifs is 1. The first kappa shape index (κ1) is 12.0. The molecule has 1 atom stereocenters. The Morgan fingerprint density at radius 2 is 2.07 bits per heavy atom. The molecular weight excluding hydrogens is 235 g/mol. The van der Waals surface area contributed by atoms with Crippen molar-refractivity contribution < 1.29 is 4.79 Å². The summed E-state index contributed by atoms with van der Waals surface area (Å²) in [5.74, 6) is -0.139. The minimum Gasteiger partial charge on any atom is -0.301 e. The number of amides is 1. The number of halogens is 2. The summed E-state index contributed by atoms with van der Waals surface area (Å²) in [6, 6.07) is 7.27. The first-order valence-electron chi connectivity index (χ1n) is 4.24. The number of benzene rings is 1. The Morgan fingerprint density at radius 3 is 2.67 bits per heavy atom. The highest BCUT2D eigenvalue weighted by Gasteiger charge is 2.34. The van der Waals surface area contributed by atoms with Crippen LogP contribution in [0.5, 0.6) is 0 Å². The van der Waals surface area contributed by atoms with E-state index in [1.54, 1.807) is 12.1 Å². The van der Waals surface area contributed by atoms with Gasteiger partial charge in [-0.2, -0.15) is 0 Å². The Bertz CT molecular complexity index is 420. The molecule has 1 aliphatic heterocycles. The third-order valence-corrected chi connectivity index (χ3v) is 2.67. The Morgan fingerprint density at radius 1 is 1.47 bits per heavy atom. The molecular formula is C10H10Cl2N2O. The quantitative estimate of drug-likeness (QED) is 0.553. The second-order valence-electron chi connectivity index (χ2n) is 3.16. The fourth-order valence-corrected chi connectivity index (χ4v) is 1.98. The van der Waals surface area contributed by atoms with Crippen LogP contribution in [0.2, 0.25) is 0 Å². The van der Waals surface area contributed by atoms with E-state index in [-0.39, 0.29) is 24.0 Å². The molecule has 1 aromatic carbocycles. The molecule has 1 unspecified atom stereocenters. The van der Waals surface area contributed by atoms with E-state index in [1.807, 2.05) is 12.1 Å². The van der Waals surface area contributed by atoms with Gasteiger partial charge in [0.15, 0.2) is 5.50 Å². The lowest BCUT2D eigenvalue weighted by molar-refractivity contribution is -0.116. The Hall–Kier alpha value is -1.06. The van der Waals surface area contributed by atoms with Gasteiger partial charge in [0.2, 0.25) is 5.91 Å². The van der Waals surface area contributed by atoms with Crippen LogP contribution in [0.25, 0.3) is 0 Å². The summed E-state index contributed by atoms with van der Waals surface area (Å²) in [5, 5.41) is 7.73. The SMILES string of the molecule is CC(=O)N1c2ccccc2C(=N)C1Cl.Cl. The van der Waals surface area contributed by atoms with Crippen LogP contribution in [0.1, 0.15) is 12.5 Å². The number of carbonyl (C=O) groups is 1. The van der Waals surface area contributed by atoms with Crippen LogP contribution in [0.3, 0.4) is 0 Å². The summed E-state index contributed by atoms with van der Waals surface area (Å²) < 4.78 is 0. The lowest BCUT2D eigenvalue weighted by Gasteiger charge is -2.17. The molecule has 0 spiro atoms.